The van der Waals surface area contributed by atoms with Crippen molar-refractivity contribution < 1.29 is 17.9 Å². The summed E-state index contributed by atoms with van der Waals surface area (Å²) in [5.74, 6) is -0.410. The molecule has 2 fully saturated rings. The summed E-state index contributed by atoms with van der Waals surface area (Å²) in [5, 5.41) is 2.90. The van der Waals surface area contributed by atoms with Gasteiger partial charge in [-0.1, -0.05) is 6.07 Å². The second kappa shape index (κ2) is 6.54. The molecule has 1 aromatic heterocycles. The molecule has 0 radical (unpaired) electrons. The molecule has 7 nitrogen and oxygen atoms in total. The van der Waals surface area contributed by atoms with E-state index in [-0.39, 0.29) is 30.4 Å². The quantitative estimate of drug-likeness (QED) is 0.834. The molecule has 1 aromatic rings. The molecule has 3 heterocycles. The van der Waals surface area contributed by atoms with Gasteiger partial charge in [-0.2, -0.15) is 4.31 Å². The molecule has 0 unspecified atom stereocenters. The molecule has 126 valence electrons. The van der Waals surface area contributed by atoms with E-state index in [9.17, 15) is 13.2 Å². The first-order chi connectivity index (χ1) is 10.9. The summed E-state index contributed by atoms with van der Waals surface area (Å²) in [7, 11) is -3.33. The summed E-state index contributed by atoms with van der Waals surface area (Å²) < 4.78 is 30.7. The second-order valence-electron chi connectivity index (χ2n) is 6.13. The zero-order chi connectivity index (χ0) is 16.4. The topological polar surface area (TPSA) is 88.6 Å². The van der Waals surface area contributed by atoms with Gasteiger partial charge < -0.3 is 10.1 Å². The SMILES string of the molecule is CS(=O)(=O)N1C[C@H](C(=O)NCc2cccnc2)[C@@H]2CCO[C@@H]2C1. The summed E-state index contributed by atoms with van der Waals surface area (Å²) >= 11 is 0. The van der Waals surface area contributed by atoms with Crippen LogP contribution in [0.2, 0.25) is 0 Å². The first-order valence-corrected chi connectivity index (χ1v) is 9.53. The van der Waals surface area contributed by atoms with Gasteiger partial charge >= 0.3 is 0 Å². The monoisotopic (exact) mass is 339 g/mol. The normalized spacial score (nSPS) is 28.3. The average Bonchev–Trinajstić information content (AvgIpc) is 3.00. The van der Waals surface area contributed by atoms with Gasteiger partial charge in [-0.3, -0.25) is 9.78 Å². The third-order valence-corrected chi connectivity index (χ3v) is 5.79. The Morgan fingerprint density at radius 2 is 2.30 bits per heavy atom. The summed E-state index contributed by atoms with van der Waals surface area (Å²) in [6.45, 7) is 1.54. The molecular formula is C15H21N3O4S. The molecule has 8 heteroatoms. The predicted octanol–water partition coefficient (Wildman–Crippen LogP) is -0.00570. The number of aromatic nitrogens is 1. The predicted molar refractivity (Wildman–Crippen MR) is 83.8 cm³/mol. The van der Waals surface area contributed by atoms with Gasteiger partial charge in [0, 0.05) is 44.6 Å². The fourth-order valence-corrected chi connectivity index (χ4v) is 4.16. The third-order valence-electron chi connectivity index (χ3n) is 4.56. The van der Waals surface area contributed by atoms with Gasteiger partial charge in [0.25, 0.3) is 0 Å². The molecule has 2 aliphatic rings. The van der Waals surface area contributed by atoms with E-state index in [1.54, 1.807) is 12.4 Å². The molecule has 1 N–H and O–H groups in total. The fourth-order valence-electron chi connectivity index (χ4n) is 3.31. The number of fused-ring (bicyclic) bond motifs is 1. The maximum absolute atomic E-state index is 12.6. The van der Waals surface area contributed by atoms with E-state index in [1.807, 2.05) is 12.1 Å². The van der Waals surface area contributed by atoms with Gasteiger partial charge in [0.1, 0.15) is 0 Å². The number of carbonyl (C=O) groups excluding carboxylic acids is 1. The zero-order valence-corrected chi connectivity index (χ0v) is 13.8. The molecular weight excluding hydrogens is 318 g/mol. The summed E-state index contributed by atoms with van der Waals surface area (Å²) in [6, 6.07) is 3.70. The van der Waals surface area contributed by atoms with Crippen LogP contribution >= 0.6 is 0 Å². The van der Waals surface area contributed by atoms with Crippen LogP contribution in [0.25, 0.3) is 0 Å². The molecule has 23 heavy (non-hydrogen) atoms. The van der Waals surface area contributed by atoms with Crippen molar-refractivity contribution in [2.45, 2.75) is 19.1 Å². The van der Waals surface area contributed by atoms with E-state index in [4.69, 9.17) is 4.74 Å². The number of amides is 1. The molecule has 0 aromatic carbocycles. The number of pyridine rings is 1. The van der Waals surface area contributed by atoms with Crippen molar-refractivity contribution in [1.82, 2.24) is 14.6 Å². The maximum atomic E-state index is 12.6. The van der Waals surface area contributed by atoms with Gasteiger partial charge in [-0.15, -0.1) is 0 Å². The number of hydrogen-bond acceptors (Lipinski definition) is 5. The first-order valence-electron chi connectivity index (χ1n) is 7.68. The standard InChI is InChI=1S/C15H21N3O4S/c1-23(20,21)18-9-13(12-4-6-22-14(12)10-18)15(19)17-8-11-3-2-5-16-7-11/h2-3,5,7,12-14H,4,6,8-10H2,1H3,(H,17,19)/t12-,13-,14+/m0/s1. The van der Waals surface area contributed by atoms with Gasteiger partial charge in [-0.05, 0) is 18.1 Å². The van der Waals surface area contributed by atoms with Crippen molar-refractivity contribution in [2.75, 3.05) is 26.0 Å². The van der Waals surface area contributed by atoms with E-state index in [1.165, 1.54) is 10.6 Å². The van der Waals surface area contributed by atoms with Crippen LogP contribution in [0.4, 0.5) is 0 Å². The van der Waals surface area contributed by atoms with E-state index >= 15 is 0 Å². The smallest absolute Gasteiger partial charge is 0.225 e. The highest BCUT2D eigenvalue weighted by molar-refractivity contribution is 7.88. The molecule has 0 spiro atoms. The van der Waals surface area contributed by atoms with E-state index in [2.05, 4.69) is 10.3 Å². The van der Waals surface area contributed by atoms with Crippen molar-refractivity contribution in [3.05, 3.63) is 30.1 Å². The number of nitrogens with one attached hydrogen (secondary N) is 1. The number of carbonyl (C=O) groups is 1. The van der Waals surface area contributed by atoms with Gasteiger partial charge in [0.05, 0.1) is 18.3 Å². The molecule has 0 saturated carbocycles. The molecule has 0 bridgehead atoms. The van der Waals surface area contributed by atoms with Crippen molar-refractivity contribution in [1.29, 1.82) is 0 Å². The van der Waals surface area contributed by atoms with Crippen LogP contribution < -0.4 is 5.32 Å². The fraction of sp³-hybridized carbons (Fsp3) is 0.600. The number of sulfonamides is 1. The highest BCUT2D eigenvalue weighted by Gasteiger charge is 2.45. The van der Waals surface area contributed by atoms with Crippen LogP contribution in [0.1, 0.15) is 12.0 Å². The number of piperidine rings is 1. The minimum atomic E-state index is -3.33. The third kappa shape index (κ3) is 3.70. The van der Waals surface area contributed by atoms with E-state index in [0.29, 0.717) is 19.7 Å². The van der Waals surface area contributed by atoms with Crippen molar-refractivity contribution in [3.8, 4) is 0 Å². The van der Waals surface area contributed by atoms with Crippen molar-refractivity contribution in [3.63, 3.8) is 0 Å². The largest absolute Gasteiger partial charge is 0.377 e. The summed E-state index contributed by atoms with van der Waals surface area (Å²) in [4.78, 5) is 16.6. The Labute approximate surface area is 136 Å². The van der Waals surface area contributed by atoms with Crippen molar-refractivity contribution >= 4 is 15.9 Å². The molecule has 3 rings (SSSR count). The Hall–Kier alpha value is -1.51. The number of hydrogen-bond donors (Lipinski definition) is 1. The van der Waals surface area contributed by atoms with Gasteiger partial charge in [-0.25, -0.2) is 8.42 Å². The van der Waals surface area contributed by atoms with Crippen molar-refractivity contribution in [2.24, 2.45) is 11.8 Å². The molecule has 2 aliphatic heterocycles. The highest BCUT2D eigenvalue weighted by Crippen LogP contribution is 2.34. The van der Waals surface area contributed by atoms with E-state index in [0.717, 1.165) is 12.0 Å². The van der Waals surface area contributed by atoms with Crippen LogP contribution in [-0.2, 0) is 26.1 Å². The Bertz CT molecular complexity index is 665. The minimum Gasteiger partial charge on any atom is -0.377 e. The molecule has 0 aliphatic carbocycles. The van der Waals surface area contributed by atoms with Crippen LogP contribution in [0.5, 0.6) is 0 Å². The molecule has 2 saturated heterocycles. The highest BCUT2D eigenvalue weighted by atomic mass is 32.2. The molecule has 3 atom stereocenters. The van der Waals surface area contributed by atoms with Gasteiger partial charge in [0.2, 0.25) is 15.9 Å². The van der Waals surface area contributed by atoms with Crippen LogP contribution in [0.3, 0.4) is 0 Å². The number of nitrogens with zero attached hydrogens (tertiary/aromatic N) is 2. The Morgan fingerprint density at radius 1 is 1.48 bits per heavy atom. The Balaban J connectivity index is 1.69. The number of ether oxygens (including phenoxy) is 1. The lowest BCUT2D eigenvalue weighted by atomic mass is 9.83. The minimum absolute atomic E-state index is 0.0851. The van der Waals surface area contributed by atoms with Gasteiger partial charge in [0.15, 0.2) is 0 Å². The lowest BCUT2D eigenvalue weighted by Gasteiger charge is -2.37. The second-order valence-corrected chi connectivity index (χ2v) is 8.11. The number of rotatable bonds is 4. The average molecular weight is 339 g/mol. The first kappa shape index (κ1) is 16.4. The Morgan fingerprint density at radius 3 is 3.00 bits per heavy atom. The lowest BCUT2D eigenvalue weighted by Crippen LogP contribution is -2.53. The van der Waals surface area contributed by atoms with Crippen LogP contribution in [0, 0.1) is 11.8 Å². The zero-order valence-electron chi connectivity index (χ0n) is 13.0. The summed E-state index contributed by atoms with van der Waals surface area (Å²) in [6.07, 6.45) is 5.16. The maximum Gasteiger partial charge on any atom is 0.225 e. The van der Waals surface area contributed by atoms with Crippen LogP contribution in [-0.4, -0.2) is 55.7 Å². The Kier molecular flexibility index (Phi) is 4.65. The van der Waals surface area contributed by atoms with Crippen LogP contribution in [0.15, 0.2) is 24.5 Å². The van der Waals surface area contributed by atoms with E-state index < -0.39 is 10.0 Å². The molecule has 1 amide bonds. The lowest BCUT2D eigenvalue weighted by molar-refractivity contribution is -0.129. The summed E-state index contributed by atoms with van der Waals surface area (Å²) in [5.41, 5.74) is 0.913.